The summed E-state index contributed by atoms with van der Waals surface area (Å²) in [6, 6.07) is 77.5. The summed E-state index contributed by atoms with van der Waals surface area (Å²) in [5, 5.41) is 13.4. The van der Waals surface area contributed by atoms with Crippen LogP contribution in [-0.2, 0) is 0 Å². The molecule has 0 unspecified atom stereocenters. The van der Waals surface area contributed by atoms with Gasteiger partial charge in [-0.05, 0) is 151 Å². The van der Waals surface area contributed by atoms with Gasteiger partial charge in [0.2, 0.25) is 0 Å². The molecular weight excluding hydrogens is 823 g/mol. The number of anilines is 3. The summed E-state index contributed by atoms with van der Waals surface area (Å²) in [6.07, 6.45) is 0. The lowest BCUT2D eigenvalue weighted by molar-refractivity contribution is 0.669. The Labute approximate surface area is 382 Å². The van der Waals surface area contributed by atoms with Crippen molar-refractivity contribution in [3.63, 3.8) is 0 Å². The van der Waals surface area contributed by atoms with Crippen LogP contribution in [0, 0.1) is 0 Å². The molecule has 0 saturated carbocycles. The Bertz CT molecular complexity index is 4390. The van der Waals surface area contributed by atoms with E-state index in [0.717, 1.165) is 66.3 Å². The summed E-state index contributed by atoms with van der Waals surface area (Å²) in [5.74, 6) is 0. The highest BCUT2D eigenvalue weighted by Gasteiger charge is 2.27. The SMILES string of the molecule is c1ccc(N2c3ccc(-c4ccc5c(c4)oc4ccccc45)cc3Sc3cc4c5ccccc5c5cc(-c6ccc7c(c6)c6ccccc6n6c8ccccc8nc76)ccc5c4cc32)cc1. The van der Waals surface area contributed by atoms with Crippen LogP contribution in [0.25, 0.3) is 115 Å². The van der Waals surface area contributed by atoms with Crippen LogP contribution in [0.15, 0.2) is 227 Å². The Morgan fingerprint density at radius 1 is 0.348 bits per heavy atom. The van der Waals surface area contributed by atoms with Crippen molar-refractivity contribution in [2.45, 2.75) is 9.79 Å². The van der Waals surface area contributed by atoms with E-state index in [4.69, 9.17) is 9.40 Å². The third-order valence-electron chi connectivity index (χ3n) is 13.9. The van der Waals surface area contributed by atoms with E-state index in [-0.39, 0.29) is 0 Å². The third kappa shape index (κ3) is 5.14. The van der Waals surface area contributed by atoms with Crippen molar-refractivity contribution >= 4 is 121 Å². The fourth-order valence-electron chi connectivity index (χ4n) is 10.9. The van der Waals surface area contributed by atoms with E-state index in [1.54, 1.807) is 0 Å². The number of imidazole rings is 1. The summed E-state index contributed by atoms with van der Waals surface area (Å²) < 4.78 is 8.63. The molecule has 14 aromatic rings. The molecule has 11 aromatic carbocycles. The van der Waals surface area contributed by atoms with Gasteiger partial charge in [-0.2, -0.15) is 0 Å². The lowest BCUT2D eigenvalue weighted by atomic mass is 9.91. The molecule has 1 aliphatic heterocycles. The van der Waals surface area contributed by atoms with Crippen LogP contribution in [0.2, 0.25) is 0 Å². The van der Waals surface area contributed by atoms with E-state index in [2.05, 4.69) is 209 Å². The molecule has 15 rings (SSSR count). The molecule has 0 atom stereocenters. The van der Waals surface area contributed by atoms with Crippen molar-refractivity contribution in [2.24, 2.45) is 0 Å². The Morgan fingerprint density at radius 3 is 1.71 bits per heavy atom. The monoisotopic (exact) mass is 857 g/mol. The molecule has 5 heteroatoms. The predicted molar refractivity (Wildman–Crippen MR) is 277 cm³/mol. The van der Waals surface area contributed by atoms with Crippen LogP contribution >= 0.6 is 11.8 Å². The third-order valence-corrected chi connectivity index (χ3v) is 15.0. The Balaban J connectivity index is 0.900. The molecule has 66 heavy (non-hydrogen) atoms. The van der Waals surface area contributed by atoms with E-state index in [0.29, 0.717) is 0 Å². The molecule has 3 aromatic heterocycles. The van der Waals surface area contributed by atoms with Crippen LogP contribution < -0.4 is 4.90 Å². The molecule has 0 radical (unpaired) electrons. The number of aromatic nitrogens is 2. The maximum absolute atomic E-state index is 6.32. The van der Waals surface area contributed by atoms with Crippen molar-refractivity contribution in [1.82, 2.24) is 9.38 Å². The number of hydrogen-bond donors (Lipinski definition) is 0. The quantitative estimate of drug-likeness (QED) is 0.166. The van der Waals surface area contributed by atoms with Gasteiger partial charge in [-0.15, -0.1) is 0 Å². The number of furan rings is 1. The highest BCUT2D eigenvalue weighted by molar-refractivity contribution is 7.99. The lowest BCUT2D eigenvalue weighted by Gasteiger charge is -2.34. The molecule has 0 N–H and O–H groups in total. The minimum atomic E-state index is 0.906. The number of nitrogens with zero attached hydrogens (tertiary/aromatic N) is 3. The zero-order chi connectivity index (χ0) is 43.0. The average Bonchev–Trinajstić information content (AvgIpc) is 3.96. The fourth-order valence-corrected chi connectivity index (χ4v) is 12.0. The van der Waals surface area contributed by atoms with Gasteiger partial charge in [0.15, 0.2) is 0 Å². The number of hydrogen-bond acceptors (Lipinski definition) is 4. The first-order chi connectivity index (χ1) is 32.7. The largest absolute Gasteiger partial charge is 0.456 e. The van der Waals surface area contributed by atoms with E-state index < -0.39 is 0 Å². The molecule has 0 aliphatic carbocycles. The second kappa shape index (κ2) is 13.6. The second-order valence-electron chi connectivity index (χ2n) is 17.5. The zero-order valence-electron chi connectivity index (χ0n) is 35.4. The molecule has 0 spiro atoms. The summed E-state index contributed by atoms with van der Waals surface area (Å²) in [7, 11) is 0. The molecule has 4 nitrogen and oxygen atoms in total. The van der Waals surface area contributed by atoms with Crippen LogP contribution in [0.1, 0.15) is 0 Å². The summed E-state index contributed by atoms with van der Waals surface area (Å²) in [6.45, 7) is 0. The van der Waals surface area contributed by atoms with Gasteiger partial charge in [-0.3, -0.25) is 4.40 Å². The number of pyridine rings is 1. The molecule has 1 aliphatic rings. The van der Waals surface area contributed by atoms with Crippen molar-refractivity contribution in [3.8, 4) is 22.3 Å². The summed E-state index contributed by atoms with van der Waals surface area (Å²) in [5.41, 5.74) is 14.3. The first-order valence-corrected chi connectivity index (χ1v) is 23.2. The molecular formula is C61H35N3OS. The molecule has 0 saturated heterocycles. The zero-order valence-corrected chi connectivity index (χ0v) is 36.2. The number of fused-ring (bicyclic) bond motifs is 19. The van der Waals surface area contributed by atoms with Gasteiger partial charge < -0.3 is 9.32 Å². The van der Waals surface area contributed by atoms with Gasteiger partial charge in [0.25, 0.3) is 0 Å². The first-order valence-electron chi connectivity index (χ1n) is 22.4. The highest BCUT2D eigenvalue weighted by Crippen LogP contribution is 2.54. The van der Waals surface area contributed by atoms with E-state index >= 15 is 0 Å². The first kappa shape index (κ1) is 36.0. The Hall–Kier alpha value is -8.38. The van der Waals surface area contributed by atoms with Crippen molar-refractivity contribution in [3.05, 3.63) is 212 Å². The lowest BCUT2D eigenvalue weighted by Crippen LogP contribution is -2.15. The average molecular weight is 858 g/mol. The second-order valence-corrected chi connectivity index (χ2v) is 18.6. The standard InChI is InChI=1S/C61H35N3OS/c1-2-12-40(13-3-1)63-55-29-25-39(38-23-27-46-45-17-7-11-21-57(45)65-58(46)32-38)33-59(55)66-60-35-51-42-15-5-4-14-41(42)48-30-36(22-26-43(48)50(51)34-56(60)63)37-24-28-47-49(31-37)44-16-6-9-19-53(44)64-54-20-10-8-18-52(54)62-61(47)64/h1-35H. The number of para-hydroxylation sites is 5. The molecule has 0 amide bonds. The molecule has 4 heterocycles. The Morgan fingerprint density at radius 2 is 0.894 bits per heavy atom. The van der Waals surface area contributed by atoms with E-state index in [1.165, 1.54) is 75.4 Å². The van der Waals surface area contributed by atoms with Crippen molar-refractivity contribution in [1.29, 1.82) is 0 Å². The van der Waals surface area contributed by atoms with Crippen LogP contribution in [-0.4, -0.2) is 9.38 Å². The molecule has 0 fully saturated rings. The smallest absolute Gasteiger partial charge is 0.146 e. The number of rotatable bonds is 3. The van der Waals surface area contributed by atoms with Gasteiger partial charge in [-0.1, -0.05) is 133 Å². The van der Waals surface area contributed by atoms with Gasteiger partial charge in [0, 0.05) is 37.0 Å². The van der Waals surface area contributed by atoms with Crippen LogP contribution in [0.3, 0.4) is 0 Å². The predicted octanol–water partition coefficient (Wildman–Crippen LogP) is 17.4. The van der Waals surface area contributed by atoms with Crippen LogP contribution in [0.4, 0.5) is 17.1 Å². The minimum Gasteiger partial charge on any atom is -0.456 e. The Kier molecular flexibility index (Phi) is 7.40. The van der Waals surface area contributed by atoms with Gasteiger partial charge in [0.1, 0.15) is 16.8 Å². The van der Waals surface area contributed by atoms with Crippen molar-refractivity contribution < 1.29 is 4.42 Å². The van der Waals surface area contributed by atoms with E-state index in [1.807, 2.05) is 23.9 Å². The van der Waals surface area contributed by atoms with Gasteiger partial charge >= 0.3 is 0 Å². The molecule has 0 bridgehead atoms. The minimum absolute atomic E-state index is 0.906. The molecule has 306 valence electrons. The van der Waals surface area contributed by atoms with E-state index in [9.17, 15) is 0 Å². The maximum Gasteiger partial charge on any atom is 0.146 e. The normalized spacial score (nSPS) is 12.8. The van der Waals surface area contributed by atoms with Crippen LogP contribution in [0.5, 0.6) is 0 Å². The van der Waals surface area contributed by atoms with Gasteiger partial charge in [-0.25, -0.2) is 4.98 Å². The number of benzene rings is 11. The highest BCUT2D eigenvalue weighted by atomic mass is 32.2. The fraction of sp³-hybridized carbons (Fsp3) is 0. The summed E-state index contributed by atoms with van der Waals surface area (Å²) in [4.78, 5) is 10.0. The van der Waals surface area contributed by atoms with Gasteiger partial charge in [0.05, 0.1) is 27.9 Å². The van der Waals surface area contributed by atoms with Crippen molar-refractivity contribution in [2.75, 3.05) is 4.90 Å². The topological polar surface area (TPSA) is 33.7 Å². The summed E-state index contributed by atoms with van der Waals surface area (Å²) >= 11 is 1.86. The maximum atomic E-state index is 6.32.